The summed E-state index contributed by atoms with van der Waals surface area (Å²) in [4.78, 5) is 21.5. The van der Waals surface area contributed by atoms with E-state index in [2.05, 4.69) is 4.98 Å². The number of nitrogens with zero attached hydrogens (tertiary/aromatic N) is 4. The summed E-state index contributed by atoms with van der Waals surface area (Å²) in [6.07, 6.45) is 2.72. The van der Waals surface area contributed by atoms with Gasteiger partial charge < -0.3 is 4.90 Å². The molecule has 0 spiro atoms. The first-order valence-corrected chi connectivity index (χ1v) is 13.6. The monoisotopic (exact) mass is 540 g/mol. The van der Waals surface area contributed by atoms with Crippen molar-refractivity contribution < 1.29 is 17.6 Å². The van der Waals surface area contributed by atoms with E-state index in [0.29, 0.717) is 35.0 Å². The zero-order valence-corrected chi connectivity index (χ0v) is 22.4. The molecular weight excluding hydrogens is 511 g/mol. The van der Waals surface area contributed by atoms with Crippen molar-refractivity contribution in [2.75, 3.05) is 38.6 Å². The molecule has 3 aromatic rings. The van der Waals surface area contributed by atoms with E-state index in [1.165, 1.54) is 34.4 Å². The summed E-state index contributed by atoms with van der Waals surface area (Å²) in [6.45, 7) is 3.39. The molecule has 4 rings (SSSR count). The van der Waals surface area contributed by atoms with Crippen molar-refractivity contribution in [3.8, 4) is 0 Å². The zero-order chi connectivity index (χ0) is 24.5. The van der Waals surface area contributed by atoms with Crippen molar-refractivity contribution in [3.05, 3.63) is 53.8 Å². The number of halogens is 2. The van der Waals surface area contributed by atoms with E-state index in [1.807, 2.05) is 25.9 Å². The smallest absolute Gasteiger partial charge is 0.260 e. The highest BCUT2D eigenvalue weighted by Crippen LogP contribution is 2.31. The standard InChI is InChI=1S/C24H29FN4O3S2.ClH/c1-17-7-4-5-14-29(17)34(31,32)19-12-10-18(11-13-19)23(30)28(16-15-27(2)3)24-26-22-20(25)8-6-9-21(22)33-24;/h6,8-13,17H,4-5,7,14-16H2,1-3H3;1H. The van der Waals surface area contributed by atoms with Crippen molar-refractivity contribution in [2.45, 2.75) is 37.1 Å². The van der Waals surface area contributed by atoms with Gasteiger partial charge in [-0.1, -0.05) is 23.8 Å². The van der Waals surface area contributed by atoms with Crippen molar-refractivity contribution in [1.29, 1.82) is 0 Å². The Morgan fingerprint density at radius 3 is 2.49 bits per heavy atom. The highest BCUT2D eigenvalue weighted by atomic mass is 35.5. The molecule has 0 saturated carbocycles. The molecule has 1 saturated heterocycles. The Hall–Kier alpha value is -2.11. The van der Waals surface area contributed by atoms with Crippen LogP contribution in [0.25, 0.3) is 10.2 Å². The van der Waals surface area contributed by atoms with Crippen LogP contribution in [0, 0.1) is 5.82 Å². The Morgan fingerprint density at radius 2 is 1.86 bits per heavy atom. The van der Waals surface area contributed by atoms with E-state index in [-0.39, 0.29) is 34.8 Å². The zero-order valence-electron chi connectivity index (χ0n) is 20.0. The fraction of sp³-hybridized carbons (Fsp3) is 0.417. The average molecular weight is 541 g/mol. The number of fused-ring (bicyclic) bond motifs is 1. The third kappa shape index (κ3) is 5.83. The van der Waals surface area contributed by atoms with Crippen LogP contribution < -0.4 is 4.90 Å². The molecule has 2 aromatic carbocycles. The van der Waals surface area contributed by atoms with Crippen molar-refractivity contribution in [3.63, 3.8) is 0 Å². The topological polar surface area (TPSA) is 73.8 Å². The van der Waals surface area contributed by atoms with Crippen LogP contribution in [0.4, 0.5) is 9.52 Å². The molecule has 11 heteroatoms. The van der Waals surface area contributed by atoms with Crippen LogP contribution in [0.1, 0.15) is 36.5 Å². The third-order valence-electron chi connectivity index (χ3n) is 6.06. The van der Waals surface area contributed by atoms with Crippen LogP contribution in [0.5, 0.6) is 0 Å². The average Bonchev–Trinajstić information content (AvgIpc) is 3.24. The van der Waals surface area contributed by atoms with Gasteiger partial charge in [-0.3, -0.25) is 9.69 Å². The number of piperidine rings is 1. The Labute approximate surface area is 216 Å². The van der Waals surface area contributed by atoms with Crippen LogP contribution >= 0.6 is 23.7 Å². The third-order valence-corrected chi connectivity index (χ3v) is 9.13. The molecule has 1 aliphatic rings. The highest BCUT2D eigenvalue weighted by Gasteiger charge is 2.31. The quantitative estimate of drug-likeness (QED) is 0.437. The maximum Gasteiger partial charge on any atom is 0.260 e. The number of carbonyl (C=O) groups excluding carboxylic acids is 1. The lowest BCUT2D eigenvalue weighted by Gasteiger charge is -2.32. The van der Waals surface area contributed by atoms with Gasteiger partial charge in [0.15, 0.2) is 5.13 Å². The molecule has 0 aliphatic carbocycles. The normalized spacial score (nSPS) is 16.9. The van der Waals surface area contributed by atoms with E-state index in [4.69, 9.17) is 0 Å². The molecule has 1 amide bonds. The number of likely N-dealkylation sites (N-methyl/N-ethyl adjacent to an activating group) is 1. The largest absolute Gasteiger partial charge is 0.308 e. The molecule has 0 N–H and O–H groups in total. The van der Waals surface area contributed by atoms with Crippen LogP contribution in [-0.4, -0.2) is 68.3 Å². The maximum absolute atomic E-state index is 14.2. The molecule has 1 atom stereocenters. The number of carbonyl (C=O) groups is 1. The predicted octanol–water partition coefficient (Wildman–Crippen LogP) is 4.63. The molecule has 1 aliphatic heterocycles. The predicted molar refractivity (Wildman–Crippen MR) is 141 cm³/mol. The van der Waals surface area contributed by atoms with Crippen LogP contribution in [0.3, 0.4) is 0 Å². The fourth-order valence-electron chi connectivity index (χ4n) is 4.09. The summed E-state index contributed by atoms with van der Waals surface area (Å²) in [6, 6.07) is 10.8. The molecular formula is C24H30ClFN4O3S2. The van der Waals surface area contributed by atoms with E-state index in [1.54, 1.807) is 28.6 Å². The second-order valence-electron chi connectivity index (χ2n) is 8.83. The minimum absolute atomic E-state index is 0. The molecule has 1 unspecified atom stereocenters. The van der Waals surface area contributed by atoms with Crippen LogP contribution in [0.15, 0.2) is 47.4 Å². The summed E-state index contributed by atoms with van der Waals surface area (Å²) in [5, 5.41) is 0.408. The van der Waals surface area contributed by atoms with E-state index < -0.39 is 15.8 Å². The molecule has 2 heterocycles. The van der Waals surface area contributed by atoms with Gasteiger partial charge in [0, 0.05) is 31.2 Å². The lowest BCUT2D eigenvalue weighted by atomic mass is 10.1. The molecule has 0 radical (unpaired) electrons. The number of hydrogen-bond acceptors (Lipinski definition) is 6. The highest BCUT2D eigenvalue weighted by molar-refractivity contribution is 7.89. The van der Waals surface area contributed by atoms with Gasteiger partial charge in [0.1, 0.15) is 11.3 Å². The van der Waals surface area contributed by atoms with Crippen LogP contribution in [0.2, 0.25) is 0 Å². The van der Waals surface area contributed by atoms with Gasteiger partial charge in [-0.2, -0.15) is 4.31 Å². The van der Waals surface area contributed by atoms with Crippen molar-refractivity contribution in [2.24, 2.45) is 0 Å². The number of rotatable bonds is 7. The van der Waals surface area contributed by atoms with E-state index >= 15 is 0 Å². The summed E-state index contributed by atoms with van der Waals surface area (Å²) >= 11 is 1.25. The summed E-state index contributed by atoms with van der Waals surface area (Å²) in [5.74, 6) is -0.738. The van der Waals surface area contributed by atoms with Gasteiger partial charge in [0.25, 0.3) is 5.91 Å². The maximum atomic E-state index is 14.2. The second kappa shape index (κ2) is 11.3. The lowest BCUT2D eigenvalue weighted by molar-refractivity contribution is 0.0985. The Morgan fingerprint density at radius 1 is 1.14 bits per heavy atom. The number of thiazole rings is 1. The van der Waals surface area contributed by atoms with Crippen LogP contribution in [-0.2, 0) is 10.0 Å². The number of sulfonamides is 1. The number of aromatic nitrogens is 1. The first kappa shape index (κ1) is 27.5. The molecule has 1 aromatic heterocycles. The fourth-order valence-corrected chi connectivity index (χ4v) is 6.80. The summed E-state index contributed by atoms with van der Waals surface area (Å²) in [7, 11) is 0.190. The first-order chi connectivity index (χ1) is 16.2. The summed E-state index contributed by atoms with van der Waals surface area (Å²) < 4.78 is 42.7. The van der Waals surface area contributed by atoms with E-state index in [0.717, 1.165) is 19.3 Å². The molecule has 190 valence electrons. The Balaban J connectivity index is 0.00000342. The SMILES string of the molecule is CC1CCCCN1S(=O)(=O)c1ccc(C(=O)N(CCN(C)C)c2nc3c(F)cccc3s2)cc1.Cl. The minimum Gasteiger partial charge on any atom is -0.308 e. The number of para-hydroxylation sites is 1. The van der Waals surface area contributed by atoms with Gasteiger partial charge >= 0.3 is 0 Å². The molecule has 35 heavy (non-hydrogen) atoms. The minimum atomic E-state index is -3.62. The number of amides is 1. The number of hydrogen-bond donors (Lipinski definition) is 0. The summed E-state index contributed by atoms with van der Waals surface area (Å²) in [5.41, 5.74) is 0.589. The second-order valence-corrected chi connectivity index (χ2v) is 11.7. The Bertz CT molecular complexity index is 1280. The Kier molecular flexibility index (Phi) is 8.87. The number of benzene rings is 2. The molecule has 7 nitrogen and oxygen atoms in total. The van der Waals surface area contributed by atoms with E-state index in [9.17, 15) is 17.6 Å². The number of anilines is 1. The van der Waals surface area contributed by atoms with Crippen molar-refractivity contribution in [1.82, 2.24) is 14.2 Å². The van der Waals surface area contributed by atoms with Gasteiger partial charge in [-0.25, -0.2) is 17.8 Å². The molecule has 0 bridgehead atoms. The van der Waals surface area contributed by atoms with Gasteiger partial charge in [0.05, 0.1) is 9.60 Å². The first-order valence-electron chi connectivity index (χ1n) is 11.3. The van der Waals surface area contributed by atoms with Gasteiger partial charge in [-0.15, -0.1) is 12.4 Å². The van der Waals surface area contributed by atoms with Crippen molar-refractivity contribution >= 4 is 55.0 Å². The van der Waals surface area contributed by atoms with Gasteiger partial charge in [-0.05, 0) is 70.3 Å². The lowest BCUT2D eigenvalue weighted by Crippen LogP contribution is -2.41. The van der Waals surface area contributed by atoms with Gasteiger partial charge in [0.2, 0.25) is 10.0 Å². The molecule has 1 fully saturated rings.